The van der Waals surface area contributed by atoms with Crippen molar-refractivity contribution in [3.05, 3.63) is 71.9 Å². The Bertz CT molecular complexity index is 1210. The molecule has 7 heteroatoms. The van der Waals surface area contributed by atoms with Gasteiger partial charge >= 0.3 is 0 Å². The predicted octanol–water partition coefficient (Wildman–Crippen LogP) is 5.05. The first-order valence-electron chi connectivity index (χ1n) is 13.1. The number of methoxy groups -OCH3 is 1. The Balaban J connectivity index is 1.66. The monoisotopic (exact) mass is 503 g/mol. The summed E-state index contributed by atoms with van der Waals surface area (Å²) in [5.74, 6) is 0.767. The molecule has 1 aliphatic heterocycles. The van der Waals surface area contributed by atoms with Crippen molar-refractivity contribution in [3.8, 4) is 5.75 Å². The average molecular weight is 504 g/mol. The number of aromatic nitrogens is 1. The molecule has 0 N–H and O–H groups in total. The minimum Gasteiger partial charge on any atom is -0.491 e. The molecule has 0 spiro atoms. The van der Waals surface area contributed by atoms with Gasteiger partial charge in [-0.2, -0.15) is 0 Å². The Morgan fingerprint density at radius 1 is 1.05 bits per heavy atom. The van der Waals surface area contributed by atoms with E-state index in [0.29, 0.717) is 55.8 Å². The fraction of sp³-hybridized carbons (Fsp3) is 0.433. The van der Waals surface area contributed by atoms with Gasteiger partial charge in [-0.05, 0) is 49.4 Å². The molecule has 1 atom stereocenters. The number of hydrogen-bond donors (Lipinski definition) is 0. The number of pyridine rings is 1. The number of carbonyl (C=O) groups excluding carboxylic acids is 2. The number of benzene rings is 2. The van der Waals surface area contributed by atoms with Crippen molar-refractivity contribution in [1.82, 2.24) is 14.8 Å². The summed E-state index contributed by atoms with van der Waals surface area (Å²) in [7, 11) is 1.64. The Labute approximate surface area is 219 Å². The zero-order valence-corrected chi connectivity index (χ0v) is 22.1. The van der Waals surface area contributed by atoms with Crippen molar-refractivity contribution < 1.29 is 19.1 Å². The first-order chi connectivity index (χ1) is 18.0. The van der Waals surface area contributed by atoms with Crippen molar-refractivity contribution in [2.24, 2.45) is 5.92 Å². The molecule has 0 bridgehead atoms. The lowest BCUT2D eigenvalue weighted by Gasteiger charge is -2.34. The molecule has 2 aromatic carbocycles. The lowest BCUT2D eigenvalue weighted by Crippen LogP contribution is -2.46. The summed E-state index contributed by atoms with van der Waals surface area (Å²) in [6.07, 6.45) is 2.34. The van der Waals surface area contributed by atoms with E-state index < -0.39 is 0 Å². The number of hydrogen-bond acceptors (Lipinski definition) is 5. The summed E-state index contributed by atoms with van der Waals surface area (Å²) in [4.78, 5) is 35.7. The molecule has 2 heterocycles. The molecule has 0 aliphatic carbocycles. The molecule has 196 valence electrons. The molecular formula is C30H37N3O4. The Hall–Kier alpha value is -3.45. The molecule has 0 saturated heterocycles. The van der Waals surface area contributed by atoms with E-state index in [1.54, 1.807) is 7.11 Å². The smallest absolute Gasteiger partial charge is 0.272 e. The van der Waals surface area contributed by atoms with Gasteiger partial charge in [0.1, 0.15) is 18.1 Å². The van der Waals surface area contributed by atoms with Gasteiger partial charge in [0.25, 0.3) is 11.8 Å². The van der Waals surface area contributed by atoms with Gasteiger partial charge in [-0.25, -0.2) is 4.98 Å². The van der Waals surface area contributed by atoms with Gasteiger partial charge in [0.2, 0.25) is 0 Å². The zero-order valence-electron chi connectivity index (χ0n) is 22.1. The maximum Gasteiger partial charge on any atom is 0.272 e. The highest BCUT2D eigenvalue weighted by Gasteiger charge is 2.29. The zero-order chi connectivity index (χ0) is 26.2. The quantitative estimate of drug-likeness (QED) is 0.471. The van der Waals surface area contributed by atoms with Crippen LogP contribution in [0.3, 0.4) is 0 Å². The first kappa shape index (κ1) is 26.6. The number of rotatable bonds is 6. The largest absolute Gasteiger partial charge is 0.491 e. The molecule has 0 fully saturated rings. The molecule has 0 radical (unpaired) electrons. The van der Waals surface area contributed by atoms with Crippen LogP contribution in [0.25, 0.3) is 10.9 Å². The fourth-order valence-electron chi connectivity index (χ4n) is 4.84. The molecule has 2 amide bonds. The van der Waals surface area contributed by atoms with Crippen LogP contribution in [0.4, 0.5) is 0 Å². The molecule has 1 aromatic heterocycles. The van der Waals surface area contributed by atoms with Crippen molar-refractivity contribution >= 4 is 22.7 Å². The second-order valence-electron chi connectivity index (χ2n) is 9.97. The third kappa shape index (κ3) is 6.66. The topological polar surface area (TPSA) is 72.0 Å². The van der Waals surface area contributed by atoms with Crippen LogP contribution in [-0.2, 0) is 4.74 Å². The van der Waals surface area contributed by atoms with Gasteiger partial charge in [-0.1, -0.05) is 50.2 Å². The average Bonchev–Trinajstić information content (AvgIpc) is 2.91. The number of amides is 2. The minimum atomic E-state index is -0.145. The van der Waals surface area contributed by atoms with Crippen molar-refractivity contribution in [1.29, 1.82) is 0 Å². The Kier molecular flexibility index (Phi) is 9.12. The van der Waals surface area contributed by atoms with Crippen LogP contribution in [0.2, 0.25) is 0 Å². The van der Waals surface area contributed by atoms with E-state index in [-0.39, 0.29) is 17.9 Å². The number of para-hydroxylation sites is 2. The lowest BCUT2D eigenvalue weighted by molar-refractivity contribution is 0.0541. The molecule has 37 heavy (non-hydrogen) atoms. The molecule has 1 aliphatic rings. The molecule has 0 saturated carbocycles. The summed E-state index contributed by atoms with van der Waals surface area (Å²) in [6, 6.07) is 18.8. The van der Waals surface area contributed by atoms with E-state index >= 15 is 0 Å². The van der Waals surface area contributed by atoms with E-state index in [0.717, 1.165) is 30.2 Å². The normalized spacial score (nSPS) is 17.2. The minimum absolute atomic E-state index is 0.0538. The third-order valence-corrected chi connectivity index (χ3v) is 6.74. The first-order valence-corrected chi connectivity index (χ1v) is 13.1. The van der Waals surface area contributed by atoms with Gasteiger partial charge in [-0.15, -0.1) is 0 Å². The highest BCUT2D eigenvalue weighted by Crippen LogP contribution is 2.24. The summed E-state index contributed by atoms with van der Waals surface area (Å²) in [5, 5.41) is 1.01. The molecule has 4 rings (SSSR count). The second-order valence-corrected chi connectivity index (χ2v) is 9.97. The van der Waals surface area contributed by atoms with Crippen molar-refractivity contribution in [2.75, 3.05) is 40.0 Å². The van der Waals surface area contributed by atoms with Gasteiger partial charge in [0.15, 0.2) is 0 Å². The summed E-state index contributed by atoms with van der Waals surface area (Å²) < 4.78 is 11.5. The van der Waals surface area contributed by atoms with Crippen LogP contribution < -0.4 is 4.74 Å². The SMILES string of the molecule is COCCN1CCCCN(C(=O)c2ccc3ccccc3n2)[C@@H](CC(C)C)COc2ccccc2C1=O. The van der Waals surface area contributed by atoms with E-state index in [9.17, 15) is 9.59 Å². The van der Waals surface area contributed by atoms with E-state index in [2.05, 4.69) is 18.8 Å². The highest BCUT2D eigenvalue weighted by atomic mass is 16.5. The van der Waals surface area contributed by atoms with Gasteiger partial charge in [0.05, 0.1) is 23.7 Å². The third-order valence-electron chi connectivity index (χ3n) is 6.74. The van der Waals surface area contributed by atoms with Crippen molar-refractivity contribution in [3.63, 3.8) is 0 Å². The maximum absolute atomic E-state index is 13.9. The number of nitrogens with zero attached hydrogens (tertiary/aromatic N) is 3. The van der Waals surface area contributed by atoms with Gasteiger partial charge in [-0.3, -0.25) is 9.59 Å². The van der Waals surface area contributed by atoms with Gasteiger partial charge < -0.3 is 19.3 Å². The van der Waals surface area contributed by atoms with Gasteiger partial charge in [0, 0.05) is 32.1 Å². The van der Waals surface area contributed by atoms with Crippen LogP contribution in [0.5, 0.6) is 5.75 Å². The Morgan fingerprint density at radius 2 is 1.81 bits per heavy atom. The fourth-order valence-corrected chi connectivity index (χ4v) is 4.84. The molecular weight excluding hydrogens is 466 g/mol. The summed E-state index contributed by atoms with van der Waals surface area (Å²) in [5.41, 5.74) is 1.79. The van der Waals surface area contributed by atoms with Crippen LogP contribution in [0.15, 0.2) is 60.7 Å². The van der Waals surface area contributed by atoms with Crippen LogP contribution in [-0.4, -0.2) is 72.6 Å². The van der Waals surface area contributed by atoms with Crippen LogP contribution in [0.1, 0.15) is 54.0 Å². The summed E-state index contributed by atoms with van der Waals surface area (Å²) >= 11 is 0. The maximum atomic E-state index is 13.9. The molecule has 3 aromatic rings. The lowest BCUT2D eigenvalue weighted by atomic mass is 10.0. The van der Waals surface area contributed by atoms with Crippen LogP contribution in [0, 0.1) is 5.92 Å². The van der Waals surface area contributed by atoms with E-state index in [1.165, 1.54) is 0 Å². The van der Waals surface area contributed by atoms with Crippen molar-refractivity contribution in [2.45, 2.75) is 39.2 Å². The standard InChI is InChI=1S/C30H37N3O4/c1-22(2)20-24-21-37-28-13-7-5-11-25(28)29(34)32(18-19-36-3)16-8-9-17-33(24)30(35)27-15-14-23-10-4-6-12-26(23)31-27/h4-7,10-15,22,24H,8-9,16-21H2,1-3H3/t24-/m0/s1. The Morgan fingerprint density at radius 3 is 2.62 bits per heavy atom. The number of ether oxygens (including phenoxy) is 2. The molecule has 7 nitrogen and oxygen atoms in total. The predicted molar refractivity (Wildman–Crippen MR) is 145 cm³/mol. The number of fused-ring (bicyclic) bond motifs is 2. The highest BCUT2D eigenvalue weighted by molar-refractivity contribution is 5.97. The van der Waals surface area contributed by atoms with E-state index in [1.807, 2.05) is 70.5 Å². The summed E-state index contributed by atoms with van der Waals surface area (Å²) in [6.45, 7) is 6.73. The van der Waals surface area contributed by atoms with E-state index in [4.69, 9.17) is 9.47 Å². The number of carbonyl (C=O) groups is 2. The second kappa shape index (κ2) is 12.7. The molecule has 0 unspecified atom stereocenters. The van der Waals surface area contributed by atoms with Crippen LogP contribution >= 0.6 is 0 Å².